The molecular formula is C27H34F8N2O2. The first-order chi connectivity index (χ1) is 18.4. The largest absolute Gasteiger partial charge is 0.491 e. The number of alkyl halides is 8. The molecule has 0 N–H and O–H groups in total. The van der Waals surface area contributed by atoms with Crippen LogP contribution < -0.4 is 9.47 Å². The summed E-state index contributed by atoms with van der Waals surface area (Å²) < 4.78 is 114. The first kappa shape index (κ1) is 32.6. The van der Waals surface area contributed by atoms with Crippen LogP contribution in [0.2, 0.25) is 0 Å². The maximum atomic E-state index is 13.9. The summed E-state index contributed by atoms with van der Waals surface area (Å²) in [7, 11) is 0. The lowest BCUT2D eigenvalue weighted by Gasteiger charge is -2.28. The van der Waals surface area contributed by atoms with Crippen molar-refractivity contribution in [3.05, 3.63) is 36.7 Å². The molecule has 1 heterocycles. The monoisotopic (exact) mass is 570 g/mol. The number of rotatable bonds is 18. The lowest BCUT2D eigenvalue weighted by molar-refractivity contribution is -0.355. The Labute approximate surface area is 223 Å². The van der Waals surface area contributed by atoms with E-state index in [-0.39, 0.29) is 19.6 Å². The molecule has 12 heteroatoms. The van der Waals surface area contributed by atoms with Crippen molar-refractivity contribution >= 4 is 0 Å². The van der Waals surface area contributed by atoms with E-state index < -0.39 is 37.0 Å². The van der Waals surface area contributed by atoms with Crippen LogP contribution in [0.25, 0.3) is 11.4 Å². The van der Waals surface area contributed by atoms with Crippen LogP contribution >= 0.6 is 0 Å². The maximum Gasteiger partial charge on any atom is 0.459 e. The van der Waals surface area contributed by atoms with E-state index in [1.807, 2.05) is 0 Å². The third kappa shape index (κ3) is 10.4. The van der Waals surface area contributed by atoms with Crippen LogP contribution in [-0.4, -0.2) is 47.4 Å². The van der Waals surface area contributed by atoms with Crippen LogP contribution in [0.4, 0.5) is 35.1 Å². The lowest BCUT2D eigenvalue weighted by Crippen LogP contribution is -2.51. The Morgan fingerprint density at radius 1 is 0.744 bits per heavy atom. The number of benzene rings is 1. The summed E-state index contributed by atoms with van der Waals surface area (Å²) >= 11 is 0. The summed E-state index contributed by atoms with van der Waals surface area (Å²) in [5.74, 6) is -9.91. The van der Waals surface area contributed by atoms with Gasteiger partial charge in [-0.3, -0.25) is 0 Å². The van der Waals surface area contributed by atoms with Gasteiger partial charge in [0.05, 0.1) is 19.0 Å². The highest BCUT2D eigenvalue weighted by atomic mass is 19.4. The fraction of sp³-hybridized carbons (Fsp3) is 0.630. The van der Waals surface area contributed by atoms with Crippen LogP contribution in [0, 0.1) is 0 Å². The predicted octanol–water partition coefficient (Wildman–Crippen LogP) is 8.99. The molecule has 0 aliphatic rings. The van der Waals surface area contributed by atoms with E-state index in [1.54, 1.807) is 24.3 Å². The van der Waals surface area contributed by atoms with E-state index in [9.17, 15) is 35.1 Å². The molecule has 39 heavy (non-hydrogen) atoms. The molecule has 0 amide bonds. The van der Waals surface area contributed by atoms with E-state index in [0.29, 0.717) is 42.1 Å². The predicted molar refractivity (Wildman–Crippen MR) is 131 cm³/mol. The summed E-state index contributed by atoms with van der Waals surface area (Å²) in [5.41, 5.74) is 0.707. The molecule has 0 saturated carbocycles. The minimum Gasteiger partial charge on any atom is -0.491 e. The quantitative estimate of drug-likeness (QED) is 0.133. The summed E-state index contributed by atoms with van der Waals surface area (Å²) in [6.45, 7) is 2.26. The molecule has 1 atom stereocenters. The van der Waals surface area contributed by atoms with Gasteiger partial charge in [0.2, 0.25) is 0 Å². The Kier molecular flexibility index (Phi) is 12.7. The molecule has 0 saturated heterocycles. The number of unbranched alkanes of at least 4 members (excludes halogenated alkanes) is 6. The molecule has 0 aliphatic carbocycles. The van der Waals surface area contributed by atoms with Crippen LogP contribution in [0.5, 0.6) is 11.5 Å². The van der Waals surface area contributed by atoms with Crippen molar-refractivity contribution in [1.82, 2.24) is 9.97 Å². The second-order valence-corrected chi connectivity index (χ2v) is 9.31. The molecule has 0 aliphatic heterocycles. The maximum absolute atomic E-state index is 13.9. The topological polar surface area (TPSA) is 44.2 Å². The average molecular weight is 571 g/mol. The Hall–Kier alpha value is -2.66. The minimum atomic E-state index is -6.30. The second-order valence-electron chi connectivity index (χ2n) is 9.31. The van der Waals surface area contributed by atoms with Gasteiger partial charge in [0, 0.05) is 12.0 Å². The fourth-order valence-corrected chi connectivity index (χ4v) is 3.66. The third-order valence-corrected chi connectivity index (χ3v) is 6.01. The van der Waals surface area contributed by atoms with Gasteiger partial charge < -0.3 is 9.47 Å². The minimum absolute atomic E-state index is 0.00547. The Morgan fingerprint density at radius 2 is 1.36 bits per heavy atom. The van der Waals surface area contributed by atoms with Crippen LogP contribution in [0.1, 0.15) is 71.1 Å². The van der Waals surface area contributed by atoms with Crippen LogP contribution in [-0.2, 0) is 0 Å². The highest BCUT2D eigenvalue weighted by Gasteiger charge is 2.72. The smallest absolute Gasteiger partial charge is 0.459 e. The normalized spacial score (nSPS) is 13.4. The van der Waals surface area contributed by atoms with Gasteiger partial charge in [-0.15, -0.1) is 0 Å². The molecule has 0 fully saturated rings. The van der Waals surface area contributed by atoms with Gasteiger partial charge in [0.25, 0.3) is 0 Å². The third-order valence-electron chi connectivity index (χ3n) is 6.01. The summed E-state index contributed by atoms with van der Waals surface area (Å²) in [6.07, 6.45) is -1.19. The molecule has 0 bridgehead atoms. The average Bonchev–Trinajstić information content (AvgIpc) is 2.89. The number of aromatic nitrogens is 2. The first-order valence-electron chi connectivity index (χ1n) is 13.0. The van der Waals surface area contributed by atoms with Crippen molar-refractivity contribution in [2.24, 2.45) is 0 Å². The number of halogens is 8. The van der Waals surface area contributed by atoms with Crippen molar-refractivity contribution in [3.63, 3.8) is 0 Å². The molecule has 1 aromatic heterocycles. The number of hydrogen-bond acceptors (Lipinski definition) is 4. The van der Waals surface area contributed by atoms with E-state index in [1.165, 1.54) is 12.4 Å². The molecule has 2 rings (SSSR count). The van der Waals surface area contributed by atoms with Gasteiger partial charge in [-0.25, -0.2) is 14.4 Å². The van der Waals surface area contributed by atoms with Gasteiger partial charge in [-0.2, -0.15) is 30.7 Å². The van der Waals surface area contributed by atoms with Crippen LogP contribution in [0.15, 0.2) is 36.7 Å². The standard InChI is InChI=1S/C27H34F8N2O2/c1-2-3-4-7-10-21(28)19-39-22-13-11-20(12-14-22)24-36-17-23(18-37-24)38-16-9-6-5-8-15-25(29,30)26(31,32)27(33,34)35/h11-14,17-18,21H,2-10,15-16,19H2,1H3. The SMILES string of the molecule is CCCCCCC(F)COc1ccc(-c2ncc(OCCCCCCC(F)(F)C(F)(F)C(F)(F)F)cn2)cc1. The van der Waals surface area contributed by atoms with Crippen LogP contribution in [0.3, 0.4) is 0 Å². The van der Waals surface area contributed by atoms with Crippen molar-refractivity contribution in [3.8, 4) is 22.9 Å². The van der Waals surface area contributed by atoms with Crippen molar-refractivity contribution in [2.75, 3.05) is 13.2 Å². The molecule has 1 aromatic carbocycles. The summed E-state index contributed by atoms with van der Waals surface area (Å²) in [6, 6.07) is 6.89. The van der Waals surface area contributed by atoms with Gasteiger partial charge in [0.15, 0.2) is 11.6 Å². The molecular weight excluding hydrogens is 536 g/mol. The molecule has 220 valence electrons. The van der Waals surface area contributed by atoms with Gasteiger partial charge in [0.1, 0.15) is 18.5 Å². The van der Waals surface area contributed by atoms with Crippen molar-refractivity contribution in [2.45, 2.75) is 95.3 Å². The van der Waals surface area contributed by atoms with Gasteiger partial charge in [-0.05, 0) is 43.5 Å². The highest BCUT2D eigenvalue weighted by molar-refractivity contribution is 5.56. The number of ether oxygens (including phenoxy) is 2. The highest BCUT2D eigenvalue weighted by Crippen LogP contribution is 2.48. The Morgan fingerprint density at radius 3 is 1.97 bits per heavy atom. The molecule has 0 radical (unpaired) electrons. The zero-order valence-corrected chi connectivity index (χ0v) is 21.8. The number of nitrogens with zero attached hydrogens (tertiary/aromatic N) is 2. The Bertz CT molecular complexity index is 954. The Balaban J connectivity index is 1.67. The van der Waals surface area contributed by atoms with Gasteiger partial charge >= 0.3 is 18.0 Å². The zero-order valence-electron chi connectivity index (χ0n) is 21.8. The van der Waals surface area contributed by atoms with Crippen molar-refractivity contribution in [1.29, 1.82) is 0 Å². The fourth-order valence-electron chi connectivity index (χ4n) is 3.66. The van der Waals surface area contributed by atoms with E-state index >= 15 is 0 Å². The van der Waals surface area contributed by atoms with E-state index in [4.69, 9.17) is 9.47 Å². The molecule has 1 unspecified atom stereocenters. The zero-order chi connectivity index (χ0) is 28.9. The second kappa shape index (κ2) is 15.2. The summed E-state index contributed by atoms with van der Waals surface area (Å²) in [4.78, 5) is 8.43. The van der Waals surface area contributed by atoms with E-state index in [0.717, 1.165) is 25.7 Å². The molecule has 4 nitrogen and oxygen atoms in total. The van der Waals surface area contributed by atoms with Crippen molar-refractivity contribution < 1.29 is 44.6 Å². The van der Waals surface area contributed by atoms with Gasteiger partial charge in [-0.1, -0.05) is 45.4 Å². The first-order valence-corrected chi connectivity index (χ1v) is 13.0. The number of hydrogen-bond donors (Lipinski definition) is 0. The molecule has 0 spiro atoms. The summed E-state index contributed by atoms with van der Waals surface area (Å²) in [5, 5.41) is 0. The molecule has 2 aromatic rings. The lowest BCUT2D eigenvalue weighted by atomic mass is 10.0. The van der Waals surface area contributed by atoms with E-state index in [2.05, 4.69) is 16.9 Å².